The van der Waals surface area contributed by atoms with Gasteiger partial charge < -0.3 is 5.73 Å². The summed E-state index contributed by atoms with van der Waals surface area (Å²) in [5.41, 5.74) is 4.64. The van der Waals surface area contributed by atoms with Crippen molar-refractivity contribution >= 4 is 21.4 Å². The predicted molar refractivity (Wildman–Crippen MR) is 68.0 cm³/mol. The fourth-order valence-corrected chi connectivity index (χ4v) is 2.73. The Labute approximate surface area is 113 Å². The molecule has 0 atom stereocenters. The second-order valence-corrected chi connectivity index (χ2v) is 5.54. The number of nitrogen functional groups attached to an aromatic ring is 1. The van der Waals surface area contributed by atoms with Crippen molar-refractivity contribution in [1.29, 1.82) is 0 Å². The Morgan fingerprint density at radius 3 is 2.45 bits per heavy atom. The van der Waals surface area contributed by atoms with Gasteiger partial charge in [-0.2, -0.15) is 0 Å². The minimum Gasteiger partial charge on any atom is -0.398 e. The van der Waals surface area contributed by atoms with Gasteiger partial charge in [-0.15, -0.1) is 0 Å². The maximum atomic E-state index is 13.4. The molecule has 0 unspecified atom stereocenters. The van der Waals surface area contributed by atoms with Crippen LogP contribution in [0.25, 0.3) is 0 Å². The molecule has 0 aliphatic rings. The molecule has 3 N–H and O–H groups in total. The maximum Gasteiger partial charge on any atom is 0.264 e. The van der Waals surface area contributed by atoms with Crippen LogP contribution in [0.4, 0.5) is 24.5 Å². The van der Waals surface area contributed by atoms with Crippen LogP contribution in [0.1, 0.15) is 0 Å². The molecule has 0 aliphatic carbocycles. The smallest absolute Gasteiger partial charge is 0.264 e. The molecule has 8 heteroatoms. The topological polar surface area (TPSA) is 72.2 Å². The SMILES string of the molecule is Nc1ccc(F)cc1S(=O)(=O)Nc1cccc(F)c1F. The highest BCUT2D eigenvalue weighted by Crippen LogP contribution is 2.24. The van der Waals surface area contributed by atoms with Crippen LogP contribution in [0.3, 0.4) is 0 Å². The zero-order valence-corrected chi connectivity index (χ0v) is 10.7. The van der Waals surface area contributed by atoms with E-state index in [-0.39, 0.29) is 5.69 Å². The Balaban J connectivity index is 2.46. The minimum atomic E-state index is -4.33. The van der Waals surface area contributed by atoms with Crippen molar-refractivity contribution in [3.05, 3.63) is 53.8 Å². The molecule has 0 bridgehead atoms. The first kappa shape index (κ1) is 14.2. The van der Waals surface area contributed by atoms with E-state index in [9.17, 15) is 21.6 Å². The molecule has 0 heterocycles. The molecule has 2 aromatic carbocycles. The number of halogens is 3. The summed E-state index contributed by atoms with van der Waals surface area (Å²) in [6.07, 6.45) is 0. The van der Waals surface area contributed by atoms with E-state index in [2.05, 4.69) is 0 Å². The third-order valence-electron chi connectivity index (χ3n) is 2.46. The second kappa shape index (κ2) is 5.04. The van der Waals surface area contributed by atoms with Gasteiger partial charge in [0.05, 0.1) is 11.4 Å². The molecule has 106 valence electrons. The fraction of sp³-hybridized carbons (Fsp3) is 0. The number of hydrogen-bond acceptors (Lipinski definition) is 3. The van der Waals surface area contributed by atoms with E-state index in [4.69, 9.17) is 5.73 Å². The Morgan fingerprint density at radius 1 is 1.05 bits per heavy atom. The molecule has 0 aliphatic heterocycles. The van der Waals surface area contributed by atoms with Gasteiger partial charge in [-0.3, -0.25) is 4.72 Å². The van der Waals surface area contributed by atoms with E-state index in [1.165, 1.54) is 0 Å². The Hall–Kier alpha value is -2.22. The Kier molecular flexibility index (Phi) is 3.58. The molecular weight excluding hydrogens is 293 g/mol. The van der Waals surface area contributed by atoms with Crippen molar-refractivity contribution in [3.63, 3.8) is 0 Å². The average molecular weight is 302 g/mol. The van der Waals surface area contributed by atoms with Gasteiger partial charge in [0.1, 0.15) is 10.7 Å². The van der Waals surface area contributed by atoms with Crippen LogP contribution in [0.15, 0.2) is 41.3 Å². The van der Waals surface area contributed by atoms with Crippen molar-refractivity contribution < 1.29 is 21.6 Å². The zero-order valence-electron chi connectivity index (χ0n) is 9.90. The monoisotopic (exact) mass is 302 g/mol. The summed E-state index contributed by atoms with van der Waals surface area (Å²) in [4.78, 5) is -0.554. The molecule has 0 spiro atoms. The molecule has 2 aromatic rings. The lowest BCUT2D eigenvalue weighted by Crippen LogP contribution is -2.16. The molecule has 0 fully saturated rings. The quantitative estimate of drug-likeness (QED) is 0.856. The summed E-state index contributed by atoms with van der Waals surface area (Å²) in [5.74, 6) is -3.39. The van der Waals surface area contributed by atoms with Crippen molar-refractivity contribution in [2.45, 2.75) is 4.90 Å². The molecular formula is C12H9F3N2O2S. The molecule has 0 aromatic heterocycles. The van der Waals surface area contributed by atoms with Crippen LogP contribution >= 0.6 is 0 Å². The molecule has 0 radical (unpaired) electrons. The van der Waals surface area contributed by atoms with Crippen LogP contribution < -0.4 is 10.5 Å². The summed E-state index contributed by atoms with van der Waals surface area (Å²) >= 11 is 0. The van der Waals surface area contributed by atoms with Gasteiger partial charge in [0.25, 0.3) is 10.0 Å². The van der Waals surface area contributed by atoms with Crippen LogP contribution in [0.2, 0.25) is 0 Å². The summed E-state index contributed by atoms with van der Waals surface area (Å²) in [6.45, 7) is 0. The maximum absolute atomic E-state index is 13.4. The van der Waals surface area contributed by atoms with Crippen molar-refractivity contribution in [2.75, 3.05) is 10.5 Å². The third-order valence-corrected chi connectivity index (χ3v) is 3.88. The lowest BCUT2D eigenvalue weighted by molar-refractivity contribution is 0.511. The van der Waals surface area contributed by atoms with Crippen LogP contribution in [-0.2, 0) is 10.0 Å². The highest BCUT2D eigenvalue weighted by atomic mass is 32.2. The van der Waals surface area contributed by atoms with Crippen LogP contribution in [0, 0.1) is 17.5 Å². The predicted octanol–water partition coefficient (Wildman–Crippen LogP) is 2.49. The van der Waals surface area contributed by atoms with Gasteiger partial charge in [0.15, 0.2) is 11.6 Å². The number of sulfonamides is 1. The van der Waals surface area contributed by atoms with Gasteiger partial charge in [-0.1, -0.05) is 6.07 Å². The molecule has 20 heavy (non-hydrogen) atoms. The van der Waals surface area contributed by atoms with E-state index in [0.717, 1.165) is 30.3 Å². The lowest BCUT2D eigenvalue weighted by Gasteiger charge is -2.11. The number of benzene rings is 2. The Bertz CT molecular complexity index is 763. The van der Waals surface area contributed by atoms with Gasteiger partial charge in [0, 0.05) is 0 Å². The average Bonchev–Trinajstić information content (AvgIpc) is 2.37. The number of rotatable bonds is 3. The number of hydrogen-bond donors (Lipinski definition) is 2. The van der Waals surface area contributed by atoms with E-state index in [1.54, 1.807) is 0 Å². The van der Waals surface area contributed by atoms with Crippen LogP contribution in [-0.4, -0.2) is 8.42 Å². The van der Waals surface area contributed by atoms with Crippen LogP contribution in [0.5, 0.6) is 0 Å². The molecule has 4 nitrogen and oxygen atoms in total. The van der Waals surface area contributed by atoms with E-state index < -0.39 is 38.1 Å². The van der Waals surface area contributed by atoms with Gasteiger partial charge in [-0.25, -0.2) is 21.6 Å². The van der Waals surface area contributed by atoms with E-state index in [1.807, 2.05) is 4.72 Å². The highest BCUT2D eigenvalue weighted by molar-refractivity contribution is 7.92. The minimum absolute atomic E-state index is 0.212. The summed E-state index contributed by atoms with van der Waals surface area (Å²) in [7, 11) is -4.33. The summed E-state index contributed by atoms with van der Waals surface area (Å²) in [5, 5.41) is 0. The first-order valence-electron chi connectivity index (χ1n) is 5.33. The van der Waals surface area contributed by atoms with Gasteiger partial charge in [0.2, 0.25) is 0 Å². The van der Waals surface area contributed by atoms with E-state index in [0.29, 0.717) is 6.07 Å². The van der Waals surface area contributed by atoms with Crippen molar-refractivity contribution in [3.8, 4) is 0 Å². The molecule has 0 amide bonds. The summed E-state index contributed by atoms with van der Waals surface area (Å²) in [6, 6.07) is 5.73. The molecule has 2 rings (SSSR count). The third kappa shape index (κ3) is 2.69. The second-order valence-electron chi connectivity index (χ2n) is 3.89. The molecule has 0 saturated heterocycles. The van der Waals surface area contributed by atoms with Gasteiger partial charge >= 0.3 is 0 Å². The van der Waals surface area contributed by atoms with Crippen molar-refractivity contribution in [1.82, 2.24) is 0 Å². The van der Waals surface area contributed by atoms with Gasteiger partial charge in [-0.05, 0) is 30.3 Å². The standard InChI is InChI=1S/C12H9F3N2O2S/c13-7-4-5-9(16)11(6-7)20(18,19)17-10-3-1-2-8(14)12(10)15/h1-6,17H,16H2. The van der Waals surface area contributed by atoms with E-state index >= 15 is 0 Å². The first-order chi connectivity index (χ1) is 9.31. The largest absolute Gasteiger partial charge is 0.398 e. The molecule has 0 saturated carbocycles. The number of nitrogens with two attached hydrogens (primary N) is 1. The number of anilines is 2. The first-order valence-corrected chi connectivity index (χ1v) is 6.81. The normalized spacial score (nSPS) is 11.3. The summed E-state index contributed by atoms with van der Waals surface area (Å²) < 4.78 is 65.3. The highest BCUT2D eigenvalue weighted by Gasteiger charge is 2.21. The van der Waals surface area contributed by atoms with Crippen molar-refractivity contribution in [2.24, 2.45) is 0 Å². The zero-order chi connectivity index (χ0) is 14.9. The number of nitrogens with one attached hydrogen (secondary N) is 1. The Morgan fingerprint density at radius 2 is 1.75 bits per heavy atom. The lowest BCUT2D eigenvalue weighted by atomic mass is 10.3. The fourth-order valence-electron chi connectivity index (χ4n) is 1.52.